The maximum Gasteiger partial charge on any atom is 0.212 e. The molecule has 0 atom stereocenters. The summed E-state index contributed by atoms with van der Waals surface area (Å²) in [5, 5.41) is 0. The zero-order valence-electron chi connectivity index (χ0n) is 13.4. The van der Waals surface area contributed by atoms with Gasteiger partial charge < -0.3 is 4.90 Å². The first-order valence-electron chi connectivity index (χ1n) is 8.23. The summed E-state index contributed by atoms with van der Waals surface area (Å²) in [6, 6.07) is 0.146. The zero-order chi connectivity index (χ0) is 15.0. The molecule has 1 heterocycles. The fraction of sp³-hybridized carbons (Fsp3) is 1.00. The van der Waals surface area contributed by atoms with Crippen molar-refractivity contribution in [2.75, 3.05) is 25.4 Å². The normalized spacial score (nSPS) is 18.8. The van der Waals surface area contributed by atoms with E-state index < -0.39 is 10.0 Å². The Balaban J connectivity index is 2.35. The van der Waals surface area contributed by atoms with Gasteiger partial charge in [-0.05, 0) is 44.8 Å². The van der Waals surface area contributed by atoms with Crippen LogP contribution in [0.15, 0.2) is 0 Å². The van der Waals surface area contributed by atoms with Gasteiger partial charge in [-0.1, -0.05) is 40.0 Å². The van der Waals surface area contributed by atoms with Crippen LogP contribution >= 0.6 is 0 Å². The van der Waals surface area contributed by atoms with Crippen LogP contribution in [0.3, 0.4) is 0 Å². The van der Waals surface area contributed by atoms with Crippen LogP contribution < -0.4 is 4.72 Å². The molecular weight excluding hydrogens is 272 g/mol. The predicted octanol–water partition coefficient (Wildman–Crippen LogP) is 2.61. The molecular formula is C15H32N2O2S. The van der Waals surface area contributed by atoms with E-state index in [2.05, 4.69) is 30.4 Å². The summed E-state index contributed by atoms with van der Waals surface area (Å²) in [5.74, 6) is 0.577. The minimum Gasteiger partial charge on any atom is -0.303 e. The van der Waals surface area contributed by atoms with Gasteiger partial charge >= 0.3 is 0 Å². The fourth-order valence-corrected chi connectivity index (χ4v) is 4.72. The molecule has 0 unspecified atom stereocenters. The summed E-state index contributed by atoms with van der Waals surface area (Å²) in [5.41, 5.74) is 0. The van der Waals surface area contributed by atoms with Gasteiger partial charge in [-0.2, -0.15) is 0 Å². The SMILES string of the molecule is CCCCN1CCC(NS(=O)(=O)CC(CC)CC)CC1. The van der Waals surface area contributed by atoms with Gasteiger partial charge in [0, 0.05) is 6.04 Å². The van der Waals surface area contributed by atoms with Gasteiger partial charge in [-0.3, -0.25) is 0 Å². The lowest BCUT2D eigenvalue weighted by atomic mass is 10.1. The molecule has 0 spiro atoms. The van der Waals surface area contributed by atoms with E-state index in [-0.39, 0.29) is 17.7 Å². The quantitative estimate of drug-likeness (QED) is 0.712. The lowest BCUT2D eigenvalue weighted by Crippen LogP contribution is -2.45. The van der Waals surface area contributed by atoms with E-state index in [0.717, 1.165) is 45.3 Å². The van der Waals surface area contributed by atoms with Crippen LogP contribution in [0.4, 0.5) is 0 Å². The molecule has 0 aromatic carbocycles. The Morgan fingerprint density at radius 3 is 2.25 bits per heavy atom. The van der Waals surface area contributed by atoms with E-state index in [9.17, 15) is 8.42 Å². The highest BCUT2D eigenvalue weighted by Gasteiger charge is 2.24. The van der Waals surface area contributed by atoms with Crippen molar-refractivity contribution >= 4 is 10.0 Å². The average molecular weight is 305 g/mol. The van der Waals surface area contributed by atoms with Crippen molar-refractivity contribution in [3.05, 3.63) is 0 Å². The maximum atomic E-state index is 12.2. The van der Waals surface area contributed by atoms with Crippen LogP contribution in [0.1, 0.15) is 59.3 Å². The molecule has 0 amide bonds. The van der Waals surface area contributed by atoms with Crippen LogP contribution in [0.25, 0.3) is 0 Å². The third-order valence-electron chi connectivity index (χ3n) is 4.37. The maximum absolute atomic E-state index is 12.2. The predicted molar refractivity (Wildman–Crippen MR) is 85.4 cm³/mol. The number of nitrogens with one attached hydrogen (secondary N) is 1. The molecule has 0 radical (unpaired) electrons. The standard InChI is InChI=1S/C15H32N2O2S/c1-4-7-10-17-11-8-15(9-12-17)16-20(18,19)13-14(5-2)6-3/h14-16H,4-13H2,1-3H3. The molecule has 1 saturated heterocycles. The second-order valence-corrected chi connectivity index (χ2v) is 7.85. The first-order valence-corrected chi connectivity index (χ1v) is 9.88. The molecule has 5 heteroatoms. The molecule has 0 aliphatic carbocycles. The van der Waals surface area contributed by atoms with Crippen LogP contribution in [0.5, 0.6) is 0 Å². The Morgan fingerprint density at radius 1 is 1.15 bits per heavy atom. The number of likely N-dealkylation sites (tertiary alicyclic amines) is 1. The second kappa shape index (κ2) is 9.00. The van der Waals surface area contributed by atoms with Crippen molar-refractivity contribution in [2.45, 2.75) is 65.3 Å². The molecule has 1 fully saturated rings. The van der Waals surface area contributed by atoms with Crippen molar-refractivity contribution < 1.29 is 8.42 Å². The van der Waals surface area contributed by atoms with Crippen LogP contribution in [-0.2, 0) is 10.0 Å². The molecule has 20 heavy (non-hydrogen) atoms. The van der Waals surface area contributed by atoms with Gasteiger partial charge in [0.25, 0.3) is 0 Å². The number of nitrogens with zero attached hydrogens (tertiary/aromatic N) is 1. The minimum absolute atomic E-state index is 0.146. The Hall–Kier alpha value is -0.130. The summed E-state index contributed by atoms with van der Waals surface area (Å²) < 4.78 is 27.2. The number of rotatable bonds is 9. The van der Waals surface area contributed by atoms with E-state index in [4.69, 9.17) is 0 Å². The summed E-state index contributed by atoms with van der Waals surface area (Å²) in [7, 11) is -3.11. The molecule has 1 rings (SSSR count). The van der Waals surface area contributed by atoms with Crippen molar-refractivity contribution in [1.29, 1.82) is 0 Å². The lowest BCUT2D eigenvalue weighted by Gasteiger charge is -2.32. The number of unbranched alkanes of at least 4 members (excludes halogenated alkanes) is 1. The van der Waals surface area contributed by atoms with Gasteiger partial charge in [-0.25, -0.2) is 13.1 Å². The lowest BCUT2D eigenvalue weighted by molar-refractivity contribution is 0.205. The Morgan fingerprint density at radius 2 is 1.75 bits per heavy atom. The molecule has 1 N–H and O–H groups in total. The van der Waals surface area contributed by atoms with Gasteiger partial charge in [0.05, 0.1) is 5.75 Å². The zero-order valence-corrected chi connectivity index (χ0v) is 14.2. The van der Waals surface area contributed by atoms with Crippen molar-refractivity contribution in [1.82, 2.24) is 9.62 Å². The van der Waals surface area contributed by atoms with E-state index in [1.807, 2.05) is 0 Å². The van der Waals surface area contributed by atoms with E-state index in [1.54, 1.807) is 0 Å². The molecule has 0 bridgehead atoms. The van der Waals surface area contributed by atoms with Crippen molar-refractivity contribution in [2.24, 2.45) is 5.92 Å². The molecule has 1 aliphatic rings. The van der Waals surface area contributed by atoms with E-state index in [0.29, 0.717) is 0 Å². The Kier molecular flexibility index (Phi) is 8.07. The largest absolute Gasteiger partial charge is 0.303 e. The average Bonchev–Trinajstić information content (AvgIpc) is 2.43. The molecule has 0 aromatic rings. The van der Waals surface area contributed by atoms with Gasteiger partial charge in [0.1, 0.15) is 0 Å². The first kappa shape index (κ1) is 17.9. The highest BCUT2D eigenvalue weighted by molar-refractivity contribution is 7.89. The second-order valence-electron chi connectivity index (χ2n) is 6.05. The third-order valence-corrected chi connectivity index (χ3v) is 5.97. The minimum atomic E-state index is -3.11. The molecule has 1 aliphatic heterocycles. The van der Waals surface area contributed by atoms with Crippen LogP contribution in [0.2, 0.25) is 0 Å². The fourth-order valence-electron chi connectivity index (χ4n) is 2.79. The van der Waals surface area contributed by atoms with Crippen molar-refractivity contribution in [3.63, 3.8) is 0 Å². The monoisotopic (exact) mass is 304 g/mol. The van der Waals surface area contributed by atoms with Gasteiger partial charge in [0.15, 0.2) is 0 Å². The number of hydrogen-bond donors (Lipinski definition) is 1. The number of sulfonamides is 1. The Labute approximate surface area is 125 Å². The van der Waals surface area contributed by atoms with Crippen molar-refractivity contribution in [3.8, 4) is 0 Å². The summed E-state index contributed by atoms with van der Waals surface area (Å²) in [6.07, 6.45) is 6.24. The third kappa shape index (κ3) is 6.55. The highest BCUT2D eigenvalue weighted by atomic mass is 32.2. The number of piperidine rings is 1. The topological polar surface area (TPSA) is 49.4 Å². The van der Waals surface area contributed by atoms with Gasteiger partial charge in [-0.15, -0.1) is 0 Å². The molecule has 0 saturated carbocycles. The van der Waals surface area contributed by atoms with E-state index in [1.165, 1.54) is 12.8 Å². The molecule has 0 aromatic heterocycles. The van der Waals surface area contributed by atoms with Gasteiger partial charge in [0.2, 0.25) is 10.0 Å². The summed E-state index contributed by atoms with van der Waals surface area (Å²) in [4.78, 5) is 2.45. The molecule has 120 valence electrons. The van der Waals surface area contributed by atoms with E-state index >= 15 is 0 Å². The summed E-state index contributed by atoms with van der Waals surface area (Å²) in [6.45, 7) is 9.55. The van der Waals surface area contributed by atoms with Crippen LogP contribution in [0, 0.1) is 5.92 Å². The van der Waals surface area contributed by atoms with Crippen LogP contribution in [-0.4, -0.2) is 44.7 Å². The highest BCUT2D eigenvalue weighted by Crippen LogP contribution is 2.15. The number of hydrogen-bond acceptors (Lipinski definition) is 3. The smallest absolute Gasteiger partial charge is 0.212 e. The summed E-state index contributed by atoms with van der Waals surface area (Å²) >= 11 is 0. The first-order chi connectivity index (χ1) is 9.50. The molecule has 4 nitrogen and oxygen atoms in total. The Bertz CT molecular complexity index is 345.